The molecule has 2 aromatic carbocycles. The number of β-amino-alcohol motifs (C(OH)–C–C–N with tert-alkyl or cyclic N) is 1. The Hall–Kier alpha value is -2.87. The highest BCUT2D eigenvalue weighted by Gasteiger charge is 2.21. The highest BCUT2D eigenvalue weighted by molar-refractivity contribution is 5.93. The number of piperidine rings is 1. The molecule has 4 rings (SSSR count). The fourth-order valence-corrected chi connectivity index (χ4v) is 3.93. The maximum absolute atomic E-state index is 14.6. The average molecular weight is 416 g/mol. The van der Waals surface area contributed by atoms with Crippen LogP contribution < -0.4 is 10.2 Å². The minimum Gasteiger partial charge on any atom is -0.391 e. The number of alkyl halides is 2. The number of nitrogens with zero attached hydrogens (tertiary/aromatic N) is 3. The molecule has 1 fully saturated rings. The van der Waals surface area contributed by atoms with Gasteiger partial charge in [0.2, 0.25) is 0 Å². The van der Waals surface area contributed by atoms with E-state index in [1.54, 1.807) is 13.1 Å². The second-order valence-corrected chi connectivity index (χ2v) is 7.62. The molecule has 0 spiro atoms. The fraction of sp³-hybridized carbons (Fsp3) is 0.364. The van der Waals surface area contributed by atoms with Gasteiger partial charge in [0.15, 0.2) is 0 Å². The van der Waals surface area contributed by atoms with Crippen molar-refractivity contribution in [3.05, 3.63) is 59.5 Å². The number of aliphatic hydroxyl groups is 1. The van der Waals surface area contributed by atoms with Gasteiger partial charge in [0, 0.05) is 29.7 Å². The molecule has 2 N–H and O–H groups in total. The van der Waals surface area contributed by atoms with Crippen molar-refractivity contribution in [3.8, 4) is 0 Å². The van der Waals surface area contributed by atoms with Gasteiger partial charge in [-0.25, -0.2) is 13.2 Å². The predicted octanol–water partition coefficient (Wildman–Crippen LogP) is 4.84. The Bertz CT molecular complexity index is 1050. The summed E-state index contributed by atoms with van der Waals surface area (Å²) in [5.41, 5.74) is 1.80. The summed E-state index contributed by atoms with van der Waals surface area (Å²) in [7, 11) is 0. The summed E-state index contributed by atoms with van der Waals surface area (Å²) in [5.74, 6) is -0.901. The van der Waals surface area contributed by atoms with Crippen LogP contribution in [-0.4, -0.2) is 34.5 Å². The average Bonchev–Trinajstić information content (AvgIpc) is 2.73. The van der Waals surface area contributed by atoms with Gasteiger partial charge in [-0.3, -0.25) is 0 Å². The molecule has 1 aromatic heterocycles. The fourth-order valence-electron chi connectivity index (χ4n) is 3.93. The van der Waals surface area contributed by atoms with Crippen LogP contribution in [0.4, 0.5) is 24.5 Å². The Balaban J connectivity index is 1.66. The van der Waals surface area contributed by atoms with Gasteiger partial charge in [-0.15, -0.1) is 0 Å². The lowest BCUT2D eigenvalue weighted by Crippen LogP contribution is -2.38. The summed E-state index contributed by atoms with van der Waals surface area (Å²) in [5, 5.41) is 22.1. The van der Waals surface area contributed by atoms with E-state index in [4.69, 9.17) is 0 Å². The van der Waals surface area contributed by atoms with E-state index < -0.39 is 23.8 Å². The van der Waals surface area contributed by atoms with Gasteiger partial charge in [0.05, 0.1) is 35.1 Å². The lowest BCUT2D eigenvalue weighted by Gasteiger charge is -2.32. The maximum Gasteiger partial charge on any atom is 0.266 e. The van der Waals surface area contributed by atoms with E-state index in [-0.39, 0.29) is 11.7 Å². The quantitative estimate of drug-likeness (QED) is 0.623. The zero-order valence-electron chi connectivity index (χ0n) is 16.5. The molecule has 1 saturated heterocycles. The van der Waals surface area contributed by atoms with Crippen molar-refractivity contribution in [1.82, 2.24) is 10.2 Å². The number of aliphatic hydroxyl groups excluding tert-OH is 1. The highest BCUT2D eigenvalue weighted by Crippen LogP contribution is 2.32. The summed E-state index contributed by atoms with van der Waals surface area (Å²) >= 11 is 0. The van der Waals surface area contributed by atoms with Crippen molar-refractivity contribution < 1.29 is 18.3 Å². The van der Waals surface area contributed by atoms with Crippen molar-refractivity contribution in [2.45, 2.75) is 38.3 Å². The van der Waals surface area contributed by atoms with Crippen molar-refractivity contribution in [3.63, 3.8) is 0 Å². The topological polar surface area (TPSA) is 61.3 Å². The second kappa shape index (κ2) is 8.47. The van der Waals surface area contributed by atoms with E-state index in [1.165, 1.54) is 12.1 Å². The summed E-state index contributed by atoms with van der Waals surface area (Å²) in [6, 6.07) is 9.22. The molecule has 5 nitrogen and oxygen atoms in total. The number of hydrogen-bond donors (Lipinski definition) is 2. The number of benzene rings is 2. The summed E-state index contributed by atoms with van der Waals surface area (Å²) < 4.78 is 40.7. The molecular formula is C22H23F3N4O. The Labute approximate surface area is 172 Å². The SMILES string of the molecule is C[C@@H](Nc1cnnc2ccc(N3CCC[C@H](O)C3)cc12)c1cccc(C(F)F)c1F. The molecule has 30 heavy (non-hydrogen) atoms. The Kier molecular flexibility index (Phi) is 5.76. The van der Waals surface area contributed by atoms with Crippen molar-refractivity contribution >= 4 is 22.3 Å². The molecule has 3 aromatic rings. The molecule has 0 amide bonds. The van der Waals surface area contributed by atoms with Crippen LogP contribution in [0.1, 0.15) is 43.4 Å². The second-order valence-electron chi connectivity index (χ2n) is 7.62. The molecule has 2 heterocycles. The van der Waals surface area contributed by atoms with Gasteiger partial charge in [0.25, 0.3) is 6.43 Å². The first-order valence-electron chi connectivity index (χ1n) is 9.95. The maximum atomic E-state index is 14.6. The molecule has 1 aliphatic heterocycles. The van der Waals surface area contributed by atoms with Crippen LogP contribution in [0.25, 0.3) is 10.9 Å². The third kappa shape index (κ3) is 4.05. The van der Waals surface area contributed by atoms with E-state index in [0.29, 0.717) is 17.7 Å². The van der Waals surface area contributed by atoms with Gasteiger partial charge < -0.3 is 15.3 Å². The standard InChI is InChI=1S/C22H23F3N4O/c1-13(16-5-2-6-17(21(16)23)22(24)25)27-20-11-26-28-19-8-7-14(10-18(19)20)29-9-3-4-15(30)12-29/h2,5-8,10-11,13,15,22,30H,3-4,9,12H2,1H3,(H,27,28)/t13-,15+/m1/s1. The minimum absolute atomic E-state index is 0.160. The Morgan fingerprint density at radius 2 is 2.00 bits per heavy atom. The number of aromatic nitrogens is 2. The lowest BCUT2D eigenvalue weighted by atomic mass is 10.0. The number of rotatable bonds is 5. The number of hydrogen-bond acceptors (Lipinski definition) is 5. The van der Waals surface area contributed by atoms with Crippen LogP contribution in [-0.2, 0) is 0 Å². The monoisotopic (exact) mass is 416 g/mol. The Morgan fingerprint density at radius 1 is 1.20 bits per heavy atom. The number of halogens is 3. The third-order valence-corrected chi connectivity index (χ3v) is 5.52. The molecule has 0 bridgehead atoms. The smallest absolute Gasteiger partial charge is 0.266 e. The van der Waals surface area contributed by atoms with Crippen LogP contribution in [0.15, 0.2) is 42.6 Å². The molecule has 2 atom stereocenters. The Morgan fingerprint density at radius 3 is 2.77 bits per heavy atom. The van der Waals surface area contributed by atoms with Gasteiger partial charge in [-0.1, -0.05) is 18.2 Å². The molecule has 0 aliphatic carbocycles. The van der Waals surface area contributed by atoms with Crippen LogP contribution in [0.3, 0.4) is 0 Å². The molecule has 0 saturated carbocycles. The molecule has 8 heteroatoms. The normalized spacial score (nSPS) is 18.1. The van der Waals surface area contributed by atoms with Crippen molar-refractivity contribution in [1.29, 1.82) is 0 Å². The van der Waals surface area contributed by atoms with E-state index in [1.807, 2.05) is 18.2 Å². The number of anilines is 2. The van der Waals surface area contributed by atoms with Crippen LogP contribution in [0.2, 0.25) is 0 Å². The van der Waals surface area contributed by atoms with Gasteiger partial charge in [-0.05, 0) is 38.0 Å². The first-order chi connectivity index (χ1) is 14.4. The first kappa shape index (κ1) is 20.4. The molecule has 1 aliphatic rings. The van der Waals surface area contributed by atoms with Crippen molar-refractivity contribution in [2.75, 3.05) is 23.3 Å². The first-order valence-corrected chi connectivity index (χ1v) is 9.95. The van der Waals surface area contributed by atoms with Gasteiger partial charge in [-0.2, -0.15) is 10.2 Å². The van der Waals surface area contributed by atoms with E-state index in [0.717, 1.165) is 36.5 Å². The predicted molar refractivity (Wildman–Crippen MR) is 110 cm³/mol. The van der Waals surface area contributed by atoms with E-state index in [9.17, 15) is 18.3 Å². The highest BCUT2D eigenvalue weighted by atomic mass is 19.3. The number of nitrogens with one attached hydrogen (secondary N) is 1. The van der Waals surface area contributed by atoms with Gasteiger partial charge >= 0.3 is 0 Å². The minimum atomic E-state index is -2.87. The molecule has 0 unspecified atom stereocenters. The lowest BCUT2D eigenvalue weighted by molar-refractivity contribution is 0.146. The van der Waals surface area contributed by atoms with E-state index >= 15 is 0 Å². The van der Waals surface area contributed by atoms with Gasteiger partial charge in [0.1, 0.15) is 5.82 Å². The van der Waals surface area contributed by atoms with Crippen LogP contribution >= 0.6 is 0 Å². The third-order valence-electron chi connectivity index (χ3n) is 5.52. The van der Waals surface area contributed by atoms with Crippen LogP contribution in [0, 0.1) is 5.82 Å². The summed E-state index contributed by atoms with van der Waals surface area (Å²) in [6.45, 7) is 3.13. The molecular weight excluding hydrogens is 393 g/mol. The van der Waals surface area contributed by atoms with Crippen molar-refractivity contribution in [2.24, 2.45) is 0 Å². The van der Waals surface area contributed by atoms with Crippen LogP contribution in [0.5, 0.6) is 0 Å². The van der Waals surface area contributed by atoms with E-state index in [2.05, 4.69) is 20.4 Å². The zero-order chi connectivity index (χ0) is 21.3. The summed E-state index contributed by atoms with van der Waals surface area (Å²) in [6.07, 6.45) is 0.0252. The zero-order valence-corrected chi connectivity index (χ0v) is 16.5. The summed E-state index contributed by atoms with van der Waals surface area (Å²) in [4.78, 5) is 2.12. The molecule has 158 valence electrons. The number of fused-ring (bicyclic) bond motifs is 1. The largest absolute Gasteiger partial charge is 0.391 e. The molecule has 0 radical (unpaired) electrons.